The lowest BCUT2D eigenvalue weighted by atomic mass is 10.0. The number of halogens is 1. The average Bonchev–Trinajstić information content (AvgIpc) is 2.93. The van der Waals surface area contributed by atoms with Crippen LogP contribution in [0.3, 0.4) is 0 Å². The number of anilines is 1. The molecular weight excluding hydrogens is 325 g/mol. The molecule has 0 aromatic heterocycles. The van der Waals surface area contributed by atoms with Crippen LogP contribution < -0.4 is 10.1 Å². The van der Waals surface area contributed by atoms with Gasteiger partial charge in [0.25, 0.3) is 5.91 Å². The fraction of sp³-hybridized carbons (Fsp3) is 0.263. The topological polar surface area (TPSA) is 75.6 Å². The number of carboxylic acid groups (broad SMARTS) is 1. The van der Waals surface area contributed by atoms with Crippen LogP contribution in [0.4, 0.5) is 10.1 Å². The van der Waals surface area contributed by atoms with Crippen molar-refractivity contribution in [2.45, 2.75) is 32.8 Å². The molecule has 1 atom stereocenters. The van der Waals surface area contributed by atoms with Crippen LogP contribution in [-0.4, -0.2) is 23.1 Å². The minimum absolute atomic E-state index is 0.0703. The van der Waals surface area contributed by atoms with Gasteiger partial charge in [-0.05, 0) is 54.3 Å². The van der Waals surface area contributed by atoms with Crippen molar-refractivity contribution in [2.24, 2.45) is 0 Å². The molecule has 0 bridgehead atoms. The quantitative estimate of drug-likeness (QED) is 0.895. The second kappa shape index (κ2) is 6.55. The van der Waals surface area contributed by atoms with Gasteiger partial charge < -0.3 is 15.2 Å². The van der Waals surface area contributed by atoms with Crippen molar-refractivity contribution in [3.05, 3.63) is 58.4 Å². The molecule has 1 aliphatic heterocycles. The van der Waals surface area contributed by atoms with E-state index in [4.69, 9.17) is 9.84 Å². The summed E-state index contributed by atoms with van der Waals surface area (Å²) < 4.78 is 19.6. The van der Waals surface area contributed by atoms with Crippen LogP contribution in [0, 0.1) is 19.7 Å². The van der Waals surface area contributed by atoms with Gasteiger partial charge in [0.1, 0.15) is 11.6 Å². The average molecular weight is 343 g/mol. The van der Waals surface area contributed by atoms with Crippen molar-refractivity contribution in [1.82, 2.24) is 0 Å². The third-order valence-electron chi connectivity index (χ3n) is 4.31. The number of carbonyl (C=O) groups excluding carboxylic acids is 1. The largest absolute Gasteiger partial charge is 0.481 e. The number of hydrogen-bond donors (Lipinski definition) is 2. The predicted octanol–water partition coefficient (Wildman–Crippen LogP) is 3.01. The second-order valence-corrected chi connectivity index (χ2v) is 6.22. The standard InChI is InChI=1S/C19H18FNO4/c1-10-5-13-7-17(25-16(13)6-11(10)2)19(24)21-14-4-3-12(8-18(22)23)15(20)9-14/h3-6,9,17H,7-8H2,1-2H3,(H,21,24)(H,22,23). The first-order valence-corrected chi connectivity index (χ1v) is 7.91. The highest BCUT2D eigenvalue weighted by Gasteiger charge is 2.29. The number of nitrogens with one attached hydrogen (secondary N) is 1. The van der Waals surface area contributed by atoms with Crippen LogP contribution in [0.15, 0.2) is 30.3 Å². The number of fused-ring (bicyclic) bond motifs is 1. The van der Waals surface area contributed by atoms with Crippen molar-refractivity contribution in [3.63, 3.8) is 0 Å². The van der Waals surface area contributed by atoms with Gasteiger partial charge in [-0.2, -0.15) is 0 Å². The lowest BCUT2D eigenvalue weighted by Crippen LogP contribution is -2.31. The number of carboxylic acids is 1. The first-order valence-electron chi connectivity index (χ1n) is 7.91. The van der Waals surface area contributed by atoms with Gasteiger partial charge in [0.2, 0.25) is 0 Å². The Morgan fingerprint density at radius 3 is 2.64 bits per heavy atom. The van der Waals surface area contributed by atoms with Crippen molar-refractivity contribution in [1.29, 1.82) is 0 Å². The van der Waals surface area contributed by atoms with E-state index < -0.39 is 24.3 Å². The SMILES string of the molecule is Cc1cc2c(cc1C)OC(C(=O)Nc1ccc(CC(=O)O)c(F)c1)C2. The lowest BCUT2D eigenvalue weighted by molar-refractivity contribution is -0.136. The highest BCUT2D eigenvalue weighted by Crippen LogP contribution is 2.32. The van der Waals surface area contributed by atoms with Gasteiger partial charge in [0.05, 0.1) is 6.42 Å². The van der Waals surface area contributed by atoms with Gasteiger partial charge in [-0.25, -0.2) is 4.39 Å². The van der Waals surface area contributed by atoms with E-state index in [1.165, 1.54) is 12.1 Å². The van der Waals surface area contributed by atoms with Crippen molar-refractivity contribution < 1.29 is 23.8 Å². The van der Waals surface area contributed by atoms with E-state index >= 15 is 0 Å². The summed E-state index contributed by atoms with van der Waals surface area (Å²) in [6.45, 7) is 3.98. The van der Waals surface area contributed by atoms with E-state index in [2.05, 4.69) is 5.32 Å². The van der Waals surface area contributed by atoms with Gasteiger partial charge in [0.15, 0.2) is 6.10 Å². The Balaban J connectivity index is 1.69. The van der Waals surface area contributed by atoms with Crippen LogP contribution >= 0.6 is 0 Å². The Morgan fingerprint density at radius 2 is 1.96 bits per heavy atom. The van der Waals surface area contributed by atoms with E-state index in [0.717, 1.165) is 22.8 Å². The van der Waals surface area contributed by atoms with Crippen molar-refractivity contribution in [2.75, 3.05) is 5.32 Å². The van der Waals surface area contributed by atoms with Gasteiger partial charge in [-0.15, -0.1) is 0 Å². The summed E-state index contributed by atoms with van der Waals surface area (Å²) in [5.74, 6) is -1.44. The molecule has 2 aromatic carbocycles. The molecule has 0 aliphatic carbocycles. The van der Waals surface area contributed by atoms with E-state index in [9.17, 15) is 14.0 Å². The third-order valence-corrected chi connectivity index (χ3v) is 4.31. The first-order chi connectivity index (χ1) is 11.8. The zero-order valence-electron chi connectivity index (χ0n) is 13.9. The number of aliphatic carboxylic acids is 1. The molecule has 0 saturated carbocycles. The third kappa shape index (κ3) is 3.63. The number of ether oxygens (including phenoxy) is 1. The second-order valence-electron chi connectivity index (χ2n) is 6.22. The van der Waals surface area contributed by atoms with Crippen LogP contribution in [0.1, 0.15) is 22.3 Å². The zero-order valence-corrected chi connectivity index (χ0v) is 13.9. The number of carbonyl (C=O) groups is 2. The normalized spacial score (nSPS) is 15.4. The molecule has 5 nitrogen and oxygen atoms in total. The number of benzene rings is 2. The summed E-state index contributed by atoms with van der Waals surface area (Å²) in [6.07, 6.45) is -0.611. The number of rotatable bonds is 4. The minimum atomic E-state index is -1.11. The molecular formula is C19H18FNO4. The molecule has 1 heterocycles. The molecule has 130 valence electrons. The summed E-state index contributed by atoms with van der Waals surface area (Å²) >= 11 is 0. The lowest BCUT2D eigenvalue weighted by Gasteiger charge is -2.12. The maximum Gasteiger partial charge on any atom is 0.307 e. The van der Waals surface area contributed by atoms with Gasteiger partial charge >= 0.3 is 5.97 Å². The van der Waals surface area contributed by atoms with Crippen molar-refractivity contribution >= 4 is 17.6 Å². The van der Waals surface area contributed by atoms with Crippen molar-refractivity contribution in [3.8, 4) is 5.75 Å². The fourth-order valence-electron chi connectivity index (χ4n) is 2.81. The molecule has 0 spiro atoms. The molecule has 3 rings (SSSR count). The van der Waals surface area contributed by atoms with E-state index in [1.807, 2.05) is 26.0 Å². The van der Waals surface area contributed by atoms with Gasteiger partial charge in [0, 0.05) is 12.1 Å². The van der Waals surface area contributed by atoms with E-state index in [-0.39, 0.29) is 17.2 Å². The summed E-state index contributed by atoms with van der Waals surface area (Å²) in [5, 5.41) is 11.3. The summed E-state index contributed by atoms with van der Waals surface area (Å²) in [7, 11) is 0. The maximum atomic E-state index is 13.9. The summed E-state index contributed by atoms with van der Waals surface area (Å²) in [6, 6.07) is 7.88. The Labute approximate surface area is 144 Å². The Morgan fingerprint density at radius 1 is 1.24 bits per heavy atom. The smallest absolute Gasteiger partial charge is 0.307 e. The zero-order chi connectivity index (χ0) is 18.1. The van der Waals surface area contributed by atoms with Gasteiger partial charge in [-0.3, -0.25) is 9.59 Å². The number of aryl methyl sites for hydroxylation is 2. The number of amides is 1. The Kier molecular flexibility index (Phi) is 4.44. The van der Waals surface area contributed by atoms with Crippen LogP contribution in [-0.2, 0) is 22.4 Å². The molecule has 1 aliphatic rings. The highest BCUT2D eigenvalue weighted by atomic mass is 19.1. The molecule has 6 heteroatoms. The molecule has 0 saturated heterocycles. The number of hydrogen-bond acceptors (Lipinski definition) is 3. The fourth-order valence-corrected chi connectivity index (χ4v) is 2.81. The van der Waals surface area contributed by atoms with E-state index in [0.29, 0.717) is 12.2 Å². The molecule has 2 aromatic rings. The first kappa shape index (κ1) is 17.0. The Bertz CT molecular complexity index is 832. The molecule has 1 amide bonds. The molecule has 0 radical (unpaired) electrons. The summed E-state index contributed by atoms with van der Waals surface area (Å²) in [5.41, 5.74) is 3.55. The molecule has 1 unspecified atom stereocenters. The monoisotopic (exact) mass is 343 g/mol. The minimum Gasteiger partial charge on any atom is -0.481 e. The maximum absolute atomic E-state index is 13.9. The van der Waals surface area contributed by atoms with Crippen LogP contribution in [0.5, 0.6) is 5.75 Å². The summed E-state index contributed by atoms with van der Waals surface area (Å²) in [4.78, 5) is 23.0. The molecule has 0 fully saturated rings. The Hall–Kier alpha value is -2.89. The van der Waals surface area contributed by atoms with Crippen LogP contribution in [0.2, 0.25) is 0 Å². The van der Waals surface area contributed by atoms with E-state index in [1.54, 1.807) is 0 Å². The molecule has 2 N–H and O–H groups in total. The molecule has 25 heavy (non-hydrogen) atoms. The predicted molar refractivity (Wildman–Crippen MR) is 90.4 cm³/mol. The van der Waals surface area contributed by atoms with Crippen LogP contribution in [0.25, 0.3) is 0 Å². The highest BCUT2D eigenvalue weighted by molar-refractivity contribution is 5.95. The van der Waals surface area contributed by atoms with Gasteiger partial charge in [-0.1, -0.05) is 12.1 Å².